The van der Waals surface area contributed by atoms with Crippen LogP contribution >= 0.6 is 31.9 Å². The second-order valence-corrected chi connectivity index (χ2v) is 21.0. The zero-order chi connectivity index (χ0) is 39.9. The molecule has 0 aromatic heterocycles. The largest absolute Gasteiger partial charge is 0.289 e. The molecule has 0 atom stereocenters. The maximum Gasteiger partial charge on any atom is 0.206 e. The molecule has 0 heterocycles. The summed E-state index contributed by atoms with van der Waals surface area (Å²) in [4.78, 5) is 26.6. The van der Waals surface area contributed by atoms with Gasteiger partial charge in [0.2, 0.25) is 9.84 Å². The van der Waals surface area contributed by atoms with Crippen LogP contribution in [-0.2, 0) is 19.4 Å². The maximum absolute atomic E-state index is 13.7. The number of halogens is 2. The summed E-state index contributed by atoms with van der Waals surface area (Å²) in [6.45, 7) is 24.1. The highest BCUT2D eigenvalue weighted by Crippen LogP contribution is 2.41. The number of sulfone groups is 1. The minimum Gasteiger partial charge on any atom is -0.289 e. The van der Waals surface area contributed by atoms with Crippen molar-refractivity contribution < 1.29 is 18.0 Å². The van der Waals surface area contributed by atoms with Crippen LogP contribution in [0.3, 0.4) is 0 Å². The molecule has 0 amide bonds. The number of carbonyl (C=O) groups is 2. The molecule has 0 unspecified atom stereocenters. The van der Waals surface area contributed by atoms with Crippen LogP contribution in [-0.4, -0.2) is 20.0 Å². The van der Waals surface area contributed by atoms with Gasteiger partial charge in [-0.3, -0.25) is 9.59 Å². The minimum absolute atomic E-state index is 0.0383. The molecular formula is C42H48Br2N4O4S. The highest BCUT2D eigenvalue weighted by atomic mass is 79.9. The Morgan fingerprint density at radius 3 is 1.04 bits per heavy atom. The number of hydrogen-bond acceptors (Lipinski definition) is 8. The summed E-state index contributed by atoms with van der Waals surface area (Å²) in [6.07, 6.45) is 10.6. The molecule has 2 aromatic carbocycles. The van der Waals surface area contributed by atoms with Crippen LogP contribution in [0.1, 0.15) is 83.1 Å². The number of hydrogen-bond donors (Lipinski definition) is 0. The van der Waals surface area contributed by atoms with Crippen LogP contribution in [0, 0.1) is 21.7 Å². The topological polar surface area (TPSA) is 118 Å². The maximum atomic E-state index is 13.7. The van der Waals surface area contributed by atoms with Gasteiger partial charge in [0.1, 0.15) is 0 Å². The number of Topliss-reactive ketones (excluding diaryl/α,β-unsaturated/α-hetero) is 2. The molecule has 0 spiro atoms. The van der Waals surface area contributed by atoms with Crippen molar-refractivity contribution in [2.24, 2.45) is 42.1 Å². The second kappa shape index (κ2) is 15.2. The summed E-state index contributed by atoms with van der Waals surface area (Å²) in [5.41, 5.74) is 3.84. The average molecular weight is 865 g/mol. The Morgan fingerprint density at radius 2 is 0.792 bits per heavy atom. The van der Waals surface area contributed by atoms with Gasteiger partial charge in [-0.05, 0) is 125 Å². The van der Waals surface area contributed by atoms with E-state index in [1.54, 1.807) is 24.5 Å². The first kappa shape index (κ1) is 42.1. The third kappa shape index (κ3) is 9.91. The molecule has 4 rings (SSSR count). The molecule has 0 saturated heterocycles. The number of ketones is 2. The first-order valence-corrected chi connectivity index (χ1v) is 20.3. The highest BCUT2D eigenvalue weighted by Gasteiger charge is 2.35. The molecule has 0 saturated carbocycles. The molecule has 11 heteroatoms. The van der Waals surface area contributed by atoms with Crippen molar-refractivity contribution in [1.82, 2.24) is 0 Å². The fraction of sp³-hybridized carbons (Fsp3) is 0.381. The van der Waals surface area contributed by atoms with Gasteiger partial charge in [0, 0.05) is 31.2 Å². The van der Waals surface area contributed by atoms with Gasteiger partial charge in [0.05, 0.1) is 33.6 Å². The summed E-state index contributed by atoms with van der Waals surface area (Å²) < 4.78 is 28.2. The average Bonchev–Trinajstić information content (AvgIpc) is 3.01. The molecule has 2 aliphatic rings. The van der Waals surface area contributed by atoms with Gasteiger partial charge in [-0.15, -0.1) is 10.2 Å². The number of rotatable bonds is 6. The Hall–Kier alpha value is -3.67. The van der Waals surface area contributed by atoms with Crippen LogP contribution < -0.4 is 0 Å². The highest BCUT2D eigenvalue weighted by molar-refractivity contribution is 9.11. The summed E-state index contributed by atoms with van der Waals surface area (Å²) in [6, 6.07) is 9.12. The lowest BCUT2D eigenvalue weighted by Gasteiger charge is -2.31. The smallest absolute Gasteiger partial charge is 0.206 e. The van der Waals surface area contributed by atoms with E-state index in [-0.39, 0.29) is 43.0 Å². The Bertz CT molecular complexity index is 2000. The van der Waals surface area contributed by atoms with Gasteiger partial charge in [0.25, 0.3) is 0 Å². The standard InChI is InChI=1S/C42H48Br2N4O4S/c1-39(2,3)29-17-25(18-30(37(29)49)40(4,5)6)23-45-47-35-15-13-27(21-33(35)43)53(51,52)28-14-16-36(34(44)22-28)48-46-24-26-19-31(41(7,8)9)38(50)32(20-26)42(10,11)12/h13-24H,1-12H3. The van der Waals surface area contributed by atoms with Crippen LogP contribution in [0.4, 0.5) is 11.4 Å². The molecule has 0 bridgehead atoms. The molecule has 53 heavy (non-hydrogen) atoms. The van der Waals surface area contributed by atoms with Gasteiger partial charge < -0.3 is 0 Å². The van der Waals surface area contributed by atoms with E-state index in [0.29, 0.717) is 42.6 Å². The van der Waals surface area contributed by atoms with Gasteiger partial charge in [0.15, 0.2) is 11.6 Å². The number of allylic oxidation sites excluding steroid dienone is 10. The molecule has 2 aliphatic carbocycles. The quantitative estimate of drug-likeness (QED) is 0.269. The van der Waals surface area contributed by atoms with Crippen molar-refractivity contribution >= 4 is 64.6 Å². The Labute approximate surface area is 331 Å². The monoisotopic (exact) mass is 862 g/mol. The molecule has 8 nitrogen and oxygen atoms in total. The predicted molar refractivity (Wildman–Crippen MR) is 219 cm³/mol. The lowest BCUT2D eigenvalue weighted by Crippen LogP contribution is -2.27. The van der Waals surface area contributed by atoms with Crippen molar-refractivity contribution in [1.29, 1.82) is 0 Å². The molecule has 0 fully saturated rings. The van der Waals surface area contributed by atoms with Crippen LogP contribution in [0.2, 0.25) is 0 Å². The number of azo groups is 2. The molecule has 0 aliphatic heterocycles. The van der Waals surface area contributed by atoms with Gasteiger partial charge >= 0.3 is 0 Å². The normalized spacial score (nSPS) is 16.6. The minimum atomic E-state index is -3.91. The third-order valence-corrected chi connectivity index (χ3v) is 11.7. The lowest BCUT2D eigenvalue weighted by molar-refractivity contribution is -0.114. The van der Waals surface area contributed by atoms with Crippen molar-refractivity contribution in [2.75, 3.05) is 0 Å². The predicted octanol–water partition coefficient (Wildman–Crippen LogP) is 13.0. The van der Waals surface area contributed by atoms with Gasteiger partial charge in [-0.1, -0.05) is 83.1 Å². The zero-order valence-corrected chi connectivity index (χ0v) is 36.5. The third-order valence-electron chi connectivity index (χ3n) is 8.66. The van der Waals surface area contributed by atoms with Crippen molar-refractivity contribution in [3.05, 3.63) is 115 Å². The molecule has 280 valence electrons. The second-order valence-electron chi connectivity index (χ2n) is 17.3. The van der Waals surface area contributed by atoms with Crippen molar-refractivity contribution in [3.63, 3.8) is 0 Å². The van der Waals surface area contributed by atoms with E-state index >= 15 is 0 Å². The Kier molecular flexibility index (Phi) is 12.1. The fourth-order valence-corrected chi connectivity index (χ4v) is 8.13. The summed E-state index contributed by atoms with van der Waals surface area (Å²) in [7, 11) is -3.91. The lowest BCUT2D eigenvalue weighted by atomic mass is 9.72. The first-order chi connectivity index (χ1) is 24.2. The Morgan fingerprint density at radius 1 is 0.509 bits per heavy atom. The molecule has 0 N–H and O–H groups in total. The van der Waals surface area contributed by atoms with Crippen LogP contribution in [0.5, 0.6) is 0 Å². The van der Waals surface area contributed by atoms with E-state index in [0.717, 1.165) is 11.1 Å². The van der Waals surface area contributed by atoms with E-state index in [9.17, 15) is 18.0 Å². The van der Waals surface area contributed by atoms with Gasteiger partial charge in [-0.2, -0.15) is 10.2 Å². The number of nitrogens with zero attached hydrogens (tertiary/aromatic N) is 4. The molecular weight excluding hydrogens is 816 g/mol. The fourth-order valence-electron chi connectivity index (χ4n) is 5.60. The van der Waals surface area contributed by atoms with Crippen LogP contribution in [0.15, 0.2) is 146 Å². The van der Waals surface area contributed by atoms with Crippen molar-refractivity contribution in [3.8, 4) is 0 Å². The summed E-state index contributed by atoms with van der Waals surface area (Å²) >= 11 is 6.92. The number of carbonyl (C=O) groups excluding carboxylic acids is 2. The Balaban J connectivity index is 1.57. The van der Waals surface area contributed by atoms with E-state index in [2.05, 4.69) is 52.3 Å². The number of benzene rings is 2. The van der Waals surface area contributed by atoms with Crippen LogP contribution in [0.25, 0.3) is 0 Å². The zero-order valence-electron chi connectivity index (χ0n) is 32.5. The van der Waals surface area contributed by atoms with E-state index in [1.807, 2.05) is 107 Å². The van der Waals surface area contributed by atoms with E-state index in [4.69, 9.17) is 0 Å². The van der Waals surface area contributed by atoms with E-state index in [1.165, 1.54) is 24.3 Å². The van der Waals surface area contributed by atoms with Crippen molar-refractivity contribution in [2.45, 2.75) is 92.9 Å². The van der Waals surface area contributed by atoms with E-state index < -0.39 is 9.84 Å². The first-order valence-electron chi connectivity index (χ1n) is 17.3. The van der Waals surface area contributed by atoms with Gasteiger partial charge in [-0.25, -0.2) is 8.42 Å². The summed E-state index contributed by atoms with van der Waals surface area (Å²) in [5.74, 6) is 0.0766. The SMILES string of the molecule is CC(C)(C)C1=CC(=CN=Nc2ccc(S(=O)(=O)c3ccc(N=NC=C4C=C(C(C)(C)C)C(=O)C(C(C)(C)C)=C4)c(Br)c3)cc2Br)C=C(C(C)(C)C)C1=O. The summed E-state index contributed by atoms with van der Waals surface area (Å²) in [5, 5.41) is 17.2. The molecule has 0 radical (unpaired) electrons. The molecule has 2 aromatic rings.